The number of rotatable bonds is 10. The lowest BCUT2D eigenvalue weighted by molar-refractivity contribution is 0.138. The molecule has 0 atom stereocenters. The first kappa shape index (κ1) is 28.1. The van der Waals surface area contributed by atoms with Gasteiger partial charge in [0.1, 0.15) is 12.1 Å². The van der Waals surface area contributed by atoms with Crippen LogP contribution in [0.5, 0.6) is 5.75 Å². The van der Waals surface area contributed by atoms with Crippen molar-refractivity contribution in [3.8, 4) is 5.75 Å². The summed E-state index contributed by atoms with van der Waals surface area (Å²) >= 11 is 7.69. The first-order chi connectivity index (χ1) is 18.3. The zero-order chi connectivity index (χ0) is 27.2. The van der Waals surface area contributed by atoms with E-state index in [0.29, 0.717) is 22.2 Å². The zero-order valence-electron chi connectivity index (χ0n) is 20.6. The highest BCUT2D eigenvalue weighted by Gasteiger charge is 2.13. The molecule has 38 heavy (non-hydrogen) atoms. The van der Waals surface area contributed by atoms with E-state index in [2.05, 4.69) is 49.1 Å². The lowest BCUT2D eigenvalue weighted by Gasteiger charge is -2.10. The third kappa shape index (κ3) is 6.72. The Bertz CT molecular complexity index is 1560. The number of benzene rings is 2. The van der Waals surface area contributed by atoms with Gasteiger partial charge in [0.2, 0.25) is 0 Å². The number of amides is 1. The van der Waals surface area contributed by atoms with Crippen molar-refractivity contribution in [3.05, 3.63) is 88.4 Å². The standard InChI is InChI=1S/C26H26Br2N4O5S/c1-2-3-4-11-32-25(35)31(26(36)38-32)14-17-7-5-16(6-8-17)13-29-24(34)37-15-18-9-10-19-20(27)12-21(28)23(33)22(19)30-18/h5-10,12,33H,2-4,11,13-15H2,1H3,(H,29,34). The van der Waals surface area contributed by atoms with Gasteiger partial charge in [-0.3, -0.25) is 4.79 Å². The molecule has 0 fully saturated rings. The maximum absolute atomic E-state index is 12.6. The molecule has 0 unspecified atom stereocenters. The van der Waals surface area contributed by atoms with Crippen LogP contribution in [-0.2, 0) is 31.0 Å². The number of phenols is 1. The van der Waals surface area contributed by atoms with E-state index in [1.807, 2.05) is 24.3 Å². The molecule has 0 bridgehead atoms. The number of alkyl carbamates (subject to hydrolysis) is 1. The van der Waals surface area contributed by atoms with Gasteiger partial charge in [0.15, 0.2) is 5.75 Å². The summed E-state index contributed by atoms with van der Waals surface area (Å²) in [5.41, 5.74) is 2.26. The Labute approximate surface area is 239 Å². The van der Waals surface area contributed by atoms with Gasteiger partial charge < -0.3 is 15.2 Å². The topological polar surface area (TPSA) is 115 Å². The van der Waals surface area contributed by atoms with Crippen molar-refractivity contribution < 1.29 is 14.6 Å². The molecular formula is C26H26Br2N4O5S. The van der Waals surface area contributed by atoms with E-state index in [9.17, 15) is 19.5 Å². The monoisotopic (exact) mass is 664 g/mol. The largest absolute Gasteiger partial charge is 0.505 e. The lowest BCUT2D eigenvalue weighted by Crippen LogP contribution is -2.29. The first-order valence-corrected chi connectivity index (χ1v) is 14.4. The zero-order valence-corrected chi connectivity index (χ0v) is 24.6. The number of pyridine rings is 1. The molecule has 2 aromatic heterocycles. The molecule has 0 saturated carbocycles. The third-order valence-electron chi connectivity index (χ3n) is 5.88. The molecule has 2 heterocycles. The number of hydrogen-bond donors (Lipinski definition) is 2. The summed E-state index contributed by atoms with van der Waals surface area (Å²) in [5.74, 6) is 0.0134. The number of ether oxygens (including phenoxy) is 1. The summed E-state index contributed by atoms with van der Waals surface area (Å²) in [5, 5.41) is 13.7. The number of unbranched alkanes of at least 4 members (excludes halogenated alkanes) is 2. The van der Waals surface area contributed by atoms with E-state index in [4.69, 9.17) is 4.74 Å². The molecule has 0 aliphatic rings. The van der Waals surface area contributed by atoms with Gasteiger partial charge in [0.25, 0.3) is 0 Å². The van der Waals surface area contributed by atoms with Crippen LogP contribution in [0.1, 0.15) is 43.0 Å². The molecule has 0 saturated heterocycles. The smallest absolute Gasteiger partial charge is 0.407 e. The number of aryl methyl sites for hydroxylation is 1. The molecule has 0 radical (unpaired) electrons. The van der Waals surface area contributed by atoms with E-state index in [0.717, 1.165) is 51.8 Å². The molecule has 2 aromatic carbocycles. The summed E-state index contributed by atoms with van der Waals surface area (Å²) in [7, 11) is 0. The second kappa shape index (κ2) is 12.7. The summed E-state index contributed by atoms with van der Waals surface area (Å²) in [6, 6.07) is 12.6. The fourth-order valence-electron chi connectivity index (χ4n) is 3.81. The number of fused-ring (bicyclic) bond motifs is 1. The summed E-state index contributed by atoms with van der Waals surface area (Å²) in [6.45, 7) is 3.04. The molecular weight excluding hydrogens is 640 g/mol. The van der Waals surface area contributed by atoms with Crippen LogP contribution in [0.15, 0.2) is 61.0 Å². The average Bonchev–Trinajstić information content (AvgIpc) is 3.17. The van der Waals surface area contributed by atoms with Crippen molar-refractivity contribution in [1.29, 1.82) is 0 Å². The highest BCUT2D eigenvalue weighted by Crippen LogP contribution is 2.36. The van der Waals surface area contributed by atoms with Gasteiger partial charge in [-0.2, -0.15) is 0 Å². The van der Waals surface area contributed by atoms with Crippen molar-refractivity contribution in [2.24, 2.45) is 0 Å². The number of carbonyl (C=O) groups is 1. The van der Waals surface area contributed by atoms with Crippen LogP contribution in [0, 0.1) is 0 Å². The summed E-state index contributed by atoms with van der Waals surface area (Å²) in [6.07, 6.45) is 2.33. The van der Waals surface area contributed by atoms with Crippen molar-refractivity contribution in [1.82, 2.24) is 18.8 Å². The number of aromatic hydroxyl groups is 1. The van der Waals surface area contributed by atoms with Gasteiger partial charge in [-0.05, 0) is 51.7 Å². The number of nitrogens with one attached hydrogen (secondary N) is 1. The van der Waals surface area contributed by atoms with Crippen LogP contribution in [0.2, 0.25) is 0 Å². The van der Waals surface area contributed by atoms with Crippen LogP contribution in [0.25, 0.3) is 10.9 Å². The van der Waals surface area contributed by atoms with E-state index in [-0.39, 0.29) is 36.0 Å². The van der Waals surface area contributed by atoms with E-state index < -0.39 is 6.09 Å². The number of aromatic nitrogens is 3. The molecule has 200 valence electrons. The van der Waals surface area contributed by atoms with Crippen LogP contribution >= 0.6 is 43.4 Å². The molecule has 2 N–H and O–H groups in total. The Morgan fingerprint density at radius 2 is 1.82 bits per heavy atom. The van der Waals surface area contributed by atoms with Crippen molar-refractivity contribution in [2.75, 3.05) is 0 Å². The van der Waals surface area contributed by atoms with Gasteiger partial charge >= 0.3 is 16.7 Å². The molecule has 0 spiro atoms. The lowest BCUT2D eigenvalue weighted by atomic mass is 10.1. The Hall–Kier alpha value is -2.96. The molecule has 12 heteroatoms. The number of carbonyl (C=O) groups excluding carboxylic acids is 1. The minimum Gasteiger partial charge on any atom is -0.505 e. The average molecular weight is 666 g/mol. The molecule has 4 rings (SSSR count). The molecule has 0 aliphatic carbocycles. The minimum absolute atomic E-state index is 0.0134. The van der Waals surface area contributed by atoms with Crippen LogP contribution in [0.3, 0.4) is 0 Å². The summed E-state index contributed by atoms with van der Waals surface area (Å²) in [4.78, 5) is 41.2. The maximum atomic E-state index is 12.6. The normalized spacial score (nSPS) is 11.1. The van der Waals surface area contributed by atoms with Gasteiger partial charge in [-0.1, -0.05) is 60.0 Å². The molecule has 1 amide bonds. The highest BCUT2D eigenvalue weighted by atomic mass is 79.9. The Kier molecular flexibility index (Phi) is 9.40. The Balaban J connectivity index is 1.30. The Morgan fingerprint density at radius 1 is 1.08 bits per heavy atom. The van der Waals surface area contributed by atoms with Gasteiger partial charge in [-0.15, -0.1) is 0 Å². The fraction of sp³-hybridized carbons (Fsp3) is 0.308. The van der Waals surface area contributed by atoms with Crippen molar-refractivity contribution in [3.63, 3.8) is 0 Å². The molecule has 9 nitrogen and oxygen atoms in total. The summed E-state index contributed by atoms with van der Waals surface area (Å²) < 4.78 is 9.33. The van der Waals surface area contributed by atoms with Gasteiger partial charge in [-0.25, -0.2) is 23.1 Å². The number of phenolic OH excluding ortho intramolecular Hbond substituents is 1. The van der Waals surface area contributed by atoms with Crippen LogP contribution in [-0.4, -0.2) is 24.7 Å². The number of halogens is 2. The Morgan fingerprint density at radius 3 is 2.55 bits per heavy atom. The molecule has 0 aliphatic heterocycles. The number of hydrogen-bond acceptors (Lipinski definition) is 7. The van der Waals surface area contributed by atoms with E-state index >= 15 is 0 Å². The minimum atomic E-state index is -0.607. The van der Waals surface area contributed by atoms with Gasteiger partial charge in [0.05, 0.1) is 16.7 Å². The predicted molar refractivity (Wildman–Crippen MR) is 154 cm³/mol. The second-order valence-electron chi connectivity index (χ2n) is 8.67. The quantitative estimate of drug-likeness (QED) is 0.216. The van der Waals surface area contributed by atoms with Crippen molar-refractivity contribution in [2.45, 2.75) is 52.4 Å². The van der Waals surface area contributed by atoms with Crippen molar-refractivity contribution >= 4 is 60.4 Å². The predicted octanol–water partition coefficient (Wildman–Crippen LogP) is 5.52. The first-order valence-electron chi connectivity index (χ1n) is 12.0. The van der Waals surface area contributed by atoms with E-state index in [1.54, 1.807) is 18.2 Å². The SMILES string of the molecule is CCCCCn1sc(=O)n(Cc2ccc(CNC(=O)OCc3ccc4c(Br)cc(Br)c(O)c4n3)cc2)c1=O. The third-order valence-corrected chi connectivity index (χ3v) is 8.08. The number of nitrogens with zero attached hydrogens (tertiary/aromatic N) is 3. The maximum Gasteiger partial charge on any atom is 0.407 e. The highest BCUT2D eigenvalue weighted by molar-refractivity contribution is 9.11. The fourth-order valence-corrected chi connectivity index (χ4v) is 5.91. The molecule has 4 aromatic rings. The second-order valence-corrected chi connectivity index (χ2v) is 11.4. The van der Waals surface area contributed by atoms with Gasteiger partial charge in [0, 0.05) is 34.5 Å². The van der Waals surface area contributed by atoms with E-state index in [1.165, 1.54) is 8.52 Å². The van der Waals surface area contributed by atoms with Crippen LogP contribution in [0.4, 0.5) is 4.79 Å². The van der Waals surface area contributed by atoms with Crippen LogP contribution < -0.4 is 15.9 Å².